The molecule has 4 heteroatoms. The monoisotopic (exact) mass is 701 g/mol. The van der Waals surface area contributed by atoms with Gasteiger partial charge in [0.05, 0.1) is 22.3 Å². The van der Waals surface area contributed by atoms with Crippen LogP contribution in [0.2, 0.25) is 0 Å². The van der Waals surface area contributed by atoms with Gasteiger partial charge in [-0.25, -0.2) is 9.97 Å². The molecule has 1 aliphatic carbocycles. The molecule has 1 aliphatic rings. The van der Waals surface area contributed by atoms with E-state index in [2.05, 4.69) is 151 Å². The Labute approximate surface area is 317 Å². The van der Waals surface area contributed by atoms with Crippen LogP contribution in [0.5, 0.6) is 5.75 Å². The van der Waals surface area contributed by atoms with Crippen LogP contribution in [0.25, 0.3) is 55.4 Å². The molecular weight excluding hydrogens is 659 g/mol. The first kappa shape index (κ1) is 33.7. The quantitative estimate of drug-likeness (QED) is 0.186. The zero-order valence-electron chi connectivity index (χ0n) is 31.6. The Balaban J connectivity index is 1.36. The van der Waals surface area contributed by atoms with E-state index in [1.807, 2.05) is 30.5 Å². The maximum absolute atomic E-state index is 11.0. The van der Waals surface area contributed by atoms with Gasteiger partial charge in [0.2, 0.25) is 0 Å². The third-order valence-electron chi connectivity index (χ3n) is 11.2. The van der Waals surface area contributed by atoms with Crippen molar-refractivity contribution in [1.82, 2.24) is 15.0 Å². The molecule has 0 amide bonds. The van der Waals surface area contributed by atoms with Crippen LogP contribution in [0.15, 0.2) is 146 Å². The van der Waals surface area contributed by atoms with E-state index in [-0.39, 0.29) is 16.6 Å². The molecule has 1 N–H and O–H groups in total. The number of phenolic OH excluding ortho intramolecular Hbond substituents is 1. The van der Waals surface area contributed by atoms with Crippen LogP contribution >= 0.6 is 0 Å². The molecule has 54 heavy (non-hydrogen) atoms. The molecule has 0 radical (unpaired) electrons. The first-order chi connectivity index (χ1) is 25.9. The highest BCUT2D eigenvalue weighted by Crippen LogP contribution is 2.57. The SMILES string of the molecule is CC(C)(C)c1ccc2c(c1)C(c1cccc(-c3ncc4cc5ccccc5cc4n3)c1)(c1cccc(-c3ccccc3O)n1)c1cc(C(C)(C)C)ccc1-2. The van der Waals surface area contributed by atoms with Crippen molar-refractivity contribution in [3.8, 4) is 39.5 Å². The van der Waals surface area contributed by atoms with Crippen LogP contribution < -0.4 is 0 Å². The second-order valence-electron chi connectivity index (χ2n) is 16.7. The van der Waals surface area contributed by atoms with E-state index in [0.29, 0.717) is 11.4 Å². The lowest BCUT2D eigenvalue weighted by atomic mass is 9.68. The van der Waals surface area contributed by atoms with Crippen LogP contribution in [-0.2, 0) is 16.2 Å². The van der Waals surface area contributed by atoms with Crippen molar-refractivity contribution in [3.05, 3.63) is 179 Å². The number of hydrogen-bond acceptors (Lipinski definition) is 4. The first-order valence-corrected chi connectivity index (χ1v) is 18.7. The third-order valence-corrected chi connectivity index (χ3v) is 11.2. The lowest BCUT2D eigenvalue weighted by molar-refractivity contribution is 0.477. The maximum Gasteiger partial charge on any atom is 0.159 e. The highest BCUT2D eigenvalue weighted by Gasteiger charge is 2.48. The van der Waals surface area contributed by atoms with Gasteiger partial charge in [-0.3, -0.25) is 4.98 Å². The minimum atomic E-state index is -0.795. The lowest BCUT2D eigenvalue weighted by Gasteiger charge is -2.35. The zero-order valence-corrected chi connectivity index (χ0v) is 31.6. The number of aromatic nitrogens is 3. The molecule has 0 saturated heterocycles. The predicted octanol–water partition coefficient (Wildman–Crippen LogP) is 12.2. The summed E-state index contributed by atoms with van der Waals surface area (Å²) < 4.78 is 0. The fourth-order valence-electron chi connectivity index (χ4n) is 8.23. The molecule has 264 valence electrons. The molecule has 8 aromatic rings. The van der Waals surface area contributed by atoms with Crippen LogP contribution in [0.4, 0.5) is 0 Å². The van der Waals surface area contributed by atoms with Crippen LogP contribution in [0.3, 0.4) is 0 Å². The summed E-state index contributed by atoms with van der Waals surface area (Å²) in [5, 5.41) is 14.4. The van der Waals surface area contributed by atoms with Gasteiger partial charge in [0.15, 0.2) is 5.82 Å². The summed E-state index contributed by atoms with van der Waals surface area (Å²) in [5.74, 6) is 0.882. The normalized spacial score (nSPS) is 13.6. The Morgan fingerprint density at radius 3 is 1.81 bits per heavy atom. The molecule has 0 fully saturated rings. The fourth-order valence-corrected chi connectivity index (χ4v) is 8.23. The molecule has 0 atom stereocenters. The van der Waals surface area contributed by atoms with Gasteiger partial charge in [0, 0.05) is 22.7 Å². The molecule has 6 aromatic carbocycles. The van der Waals surface area contributed by atoms with Crippen LogP contribution in [-0.4, -0.2) is 20.1 Å². The fraction of sp³-hybridized carbons (Fsp3) is 0.180. The molecular formula is C50H43N3O. The Morgan fingerprint density at radius 2 is 1.15 bits per heavy atom. The Bertz CT molecular complexity index is 2700. The van der Waals surface area contributed by atoms with Gasteiger partial charge in [-0.1, -0.05) is 139 Å². The summed E-state index contributed by atoms with van der Waals surface area (Å²) >= 11 is 0. The summed E-state index contributed by atoms with van der Waals surface area (Å²) in [5.41, 5.74) is 11.6. The highest BCUT2D eigenvalue weighted by molar-refractivity contribution is 5.96. The van der Waals surface area contributed by atoms with Crippen molar-refractivity contribution < 1.29 is 5.11 Å². The third kappa shape index (κ3) is 5.39. The van der Waals surface area contributed by atoms with E-state index in [1.165, 1.54) is 38.8 Å². The number of fused-ring (bicyclic) bond motifs is 5. The van der Waals surface area contributed by atoms with E-state index in [9.17, 15) is 5.11 Å². The number of pyridine rings is 1. The number of aromatic hydroxyl groups is 1. The van der Waals surface area contributed by atoms with Crippen LogP contribution in [0.1, 0.15) is 75.1 Å². The summed E-state index contributed by atoms with van der Waals surface area (Å²) in [6, 6.07) is 49.1. The molecule has 0 bridgehead atoms. The number of hydrogen-bond donors (Lipinski definition) is 1. The second-order valence-corrected chi connectivity index (χ2v) is 16.7. The predicted molar refractivity (Wildman–Crippen MR) is 222 cm³/mol. The Kier molecular flexibility index (Phi) is 7.62. The zero-order chi connectivity index (χ0) is 37.4. The smallest absolute Gasteiger partial charge is 0.159 e. The maximum atomic E-state index is 11.0. The highest BCUT2D eigenvalue weighted by atomic mass is 16.3. The molecule has 9 rings (SSSR count). The van der Waals surface area contributed by atoms with Crippen molar-refractivity contribution in [2.75, 3.05) is 0 Å². The lowest BCUT2D eigenvalue weighted by Crippen LogP contribution is -2.31. The number of phenols is 1. The standard InChI is InChI=1S/C50H43N3O/c1-48(2,3)35-21-23-38-39-24-22-36(49(4,5)6)29-42(39)50(41(38)28-35,46-20-12-18-43(52-46)40-17-9-10-19-45(40)54)37-16-11-15-33(26-37)47-51-30-34-25-31-13-7-8-14-32(31)27-44(34)53-47/h7-30,54H,1-6H3. The number of benzene rings is 6. The molecule has 2 heterocycles. The van der Waals surface area contributed by atoms with Gasteiger partial charge >= 0.3 is 0 Å². The van der Waals surface area contributed by atoms with Gasteiger partial charge in [0.1, 0.15) is 5.75 Å². The summed E-state index contributed by atoms with van der Waals surface area (Å²) in [6.07, 6.45) is 1.94. The second kappa shape index (κ2) is 12.2. The molecule has 2 aromatic heterocycles. The number of rotatable bonds is 4. The molecule has 0 aliphatic heterocycles. The van der Waals surface area contributed by atoms with Crippen molar-refractivity contribution in [1.29, 1.82) is 0 Å². The minimum absolute atomic E-state index is 0.0812. The average molecular weight is 702 g/mol. The summed E-state index contributed by atoms with van der Waals surface area (Å²) in [7, 11) is 0. The number of nitrogens with zero attached hydrogens (tertiary/aromatic N) is 3. The van der Waals surface area contributed by atoms with Crippen molar-refractivity contribution in [3.63, 3.8) is 0 Å². The van der Waals surface area contributed by atoms with Gasteiger partial charge in [-0.05, 0) is 103 Å². The molecule has 0 saturated carbocycles. The first-order valence-electron chi connectivity index (χ1n) is 18.7. The molecule has 4 nitrogen and oxygen atoms in total. The molecule has 0 spiro atoms. The van der Waals surface area contributed by atoms with Crippen molar-refractivity contribution in [2.24, 2.45) is 0 Å². The minimum Gasteiger partial charge on any atom is -0.507 e. The van der Waals surface area contributed by atoms with E-state index in [0.717, 1.165) is 38.8 Å². The largest absolute Gasteiger partial charge is 0.507 e. The summed E-state index contributed by atoms with van der Waals surface area (Å²) in [4.78, 5) is 15.6. The van der Waals surface area contributed by atoms with Gasteiger partial charge in [0.25, 0.3) is 0 Å². The van der Waals surface area contributed by atoms with Gasteiger partial charge in [-0.15, -0.1) is 0 Å². The Hall–Kier alpha value is -6.13. The van der Waals surface area contributed by atoms with E-state index in [1.54, 1.807) is 6.07 Å². The summed E-state index contributed by atoms with van der Waals surface area (Å²) in [6.45, 7) is 13.6. The van der Waals surface area contributed by atoms with E-state index in [4.69, 9.17) is 15.0 Å². The Morgan fingerprint density at radius 1 is 0.519 bits per heavy atom. The van der Waals surface area contributed by atoms with E-state index >= 15 is 0 Å². The van der Waals surface area contributed by atoms with Crippen molar-refractivity contribution >= 4 is 21.7 Å². The number of para-hydroxylation sites is 1. The van der Waals surface area contributed by atoms with E-state index < -0.39 is 5.41 Å². The molecule has 0 unspecified atom stereocenters. The van der Waals surface area contributed by atoms with Gasteiger partial charge in [-0.2, -0.15) is 0 Å². The van der Waals surface area contributed by atoms with Crippen LogP contribution in [0, 0.1) is 0 Å². The average Bonchev–Trinajstić information content (AvgIpc) is 3.46. The topological polar surface area (TPSA) is 58.9 Å². The van der Waals surface area contributed by atoms with Crippen molar-refractivity contribution in [2.45, 2.75) is 57.8 Å². The van der Waals surface area contributed by atoms with Gasteiger partial charge < -0.3 is 5.11 Å².